The summed E-state index contributed by atoms with van der Waals surface area (Å²) in [6, 6.07) is 8.13. The highest BCUT2D eigenvalue weighted by Gasteiger charge is 2.42. The van der Waals surface area contributed by atoms with Gasteiger partial charge in [0.2, 0.25) is 17.7 Å². The van der Waals surface area contributed by atoms with Crippen molar-refractivity contribution in [3.63, 3.8) is 0 Å². The van der Waals surface area contributed by atoms with E-state index in [-0.39, 0.29) is 42.4 Å². The van der Waals surface area contributed by atoms with Gasteiger partial charge in [0.15, 0.2) is 0 Å². The van der Waals surface area contributed by atoms with Gasteiger partial charge in [-0.3, -0.25) is 19.3 Å². The van der Waals surface area contributed by atoms with Crippen LogP contribution in [0.5, 0.6) is 0 Å². The van der Waals surface area contributed by atoms with Gasteiger partial charge in [-0.2, -0.15) is 0 Å². The van der Waals surface area contributed by atoms with E-state index in [0.717, 1.165) is 30.7 Å². The zero-order valence-electron chi connectivity index (χ0n) is 29.1. The Morgan fingerprint density at radius 2 is 1.70 bits per heavy atom. The number of thioether (sulfide) groups is 1. The van der Waals surface area contributed by atoms with E-state index >= 15 is 0 Å². The van der Waals surface area contributed by atoms with E-state index in [9.17, 15) is 19.5 Å². The van der Waals surface area contributed by atoms with Crippen molar-refractivity contribution in [2.75, 3.05) is 45.6 Å². The van der Waals surface area contributed by atoms with Crippen LogP contribution in [0.25, 0.3) is 0 Å². The van der Waals surface area contributed by atoms with Gasteiger partial charge in [-0.25, -0.2) is 0 Å². The van der Waals surface area contributed by atoms with Crippen molar-refractivity contribution in [2.24, 2.45) is 17.3 Å². The molecular formula is C35H59N5O5S. The predicted molar refractivity (Wildman–Crippen MR) is 185 cm³/mol. The molecule has 0 unspecified atom stereocenters. The smallest absolute Gasteiger partial charge is 0.243 e. The van der Waals surface area contributed by atoms with Gasteiger partial charge in [0.05, 0.1) is 31.3 Å². The molecule has 1 aromatic carbocycles. The third-order valence-electron chi connectivity index (χ3n) is 8.89. The van der Waals surface area contributed by atoms with Gasteiger partial charge in [-0.15, -0.1) is 11.8 Å². The summed E-state index contributed by atoms with van der Waals surface area (Å²) in [6.07, 6.45) is 4.54. The Morgan fingerprint density at radius 3 is 2.33 bits per heavy atom. The summed E-state index contributed by atoms with van der Waals surface area (Å²) in [6.45, 7) is 13.8. The number of carbonyl (C=O) groups excluding carboxylic acids is 3. The lowest BCUT2D eigenvalue weighted by molar-refractivity contribution is -0.134. The molecule has 0 aromatic heterocycles. The summed E-state index contributed by atoms with van der Waals surface area (Å²) in [5.74, 6) is 0.816. The fraction of sp³-hybridized carbons (Fsp3) is 0.743. The number of likely N-dealkylation sites (tertiary alicyclic amines) is 1. The number of ether oxygens (including phenoxy) is 1. The van der Waals surface area contributed by atoms with Gasteiger partial charge in [-0.1, -0.05) is 58.2 Å². The lowest BCUT2D eigenvalue weighted by Gasteiger charge is -2.47. The second-order valence-electron chi connectivity index (χ2n) is 15.1. The van der Waals surface area contributed by atoms with E-state index in [4.69, 9.17) is 4.74 Å². The van der Waals surface area contributed by atoms with Gasteiger partial charge >= 0.3 is 0 Å². The maximum Gasteiger partial charge on any atom is 0.243 e. The molecule has 5 N–H and O–H groups in total. The topological polar surface area (TPSA) is 132 Å². The van der Waals surface area contributed by atoms with Crippen LogP contribution in [0.1, 0.15) is 73.6 Å². The molecule has 10 nitrogen and oxygen atoms in total. The van der Waals surface area contributed by atoms with Crippen LogP contribution < -0.4 is 21.3 Å². The van der Waals surface area contributed by atoms with Crippen LogP contribution in [-0.4, -0.2) is 103 Å². The molecule has 2 aliphatic rings. The molecule has 6 atom stereocenters. The number of nitrogens with zero attached hydrogens (tertiary/aromatic N) is 1. The van der Waals surface area contributed by atoms with Gasteiger partial charge in [0, 0.05) is 42.9 Å². The fourth-order valence-electron chi connectivity index (χ4n) is 6.48. The zero-order chi connectivity index (χ0) is 33.9. The Kier molecular flexibility index (Phi) is 14.8. The molecule has 0 bridgehead atoms. The lowest BCUT2D eigenvalue weighted by Crippen LogP contribution is -2.62. The second kappa shape index (κ2) is 17.8. The number of methoxy groups -OCH3 is 1. The summed E-state index contributed by atoms with van der Waals surface area (Å²) in [5, 5.41) is 24.1. The van der Waals surface area contributed by atoms with Gasteiger partial charge in [0.25, 0.3) is 0 Å². The van der Waals surface area contributed by atoms with E-state index in [1.54, 1.807) is 18.9 Å². The van der Waals surface area contributed by atoms with Crippen molar-refractivity contribution in [1.29, 1.82) is 0 Å². The Morgan fingerprint density at radius 1 is 1.02 bits per heavy atom. The Bertz CT molecular complexity index is 1110. The summed E-state index contributed by atoms with van der Waals surface area (Å²) < 4.78 is 5.03. The Balaban J connectivity index is 1.79. The van der Waals surface area contributed by atoms with Gasteiger partial charge in [0.1, 0.15) is 6.04 Å². The largest absolute Gasteiger partial charge is 0.390 e. The number of fused-ring (bicyclic) bond motifs is 1. The van der Waals surface area contributed by atoms with Crippen molar-refractivity contribution in [2.45, 2.75) is 108 Å². The summed E-state index contributed by atoms with van der Waals surface area (Å²) in [5.41, 5.74) is -0.938. The minimum Gasteiger partial charge on any atom is -0.390 e. The minimum absolute atomic E-state index is 0.00223. The monoisotopic (exact) mass is 661 g/mol. The van der Waals surface area contributed by atoms with Crippen LogP contribution in [0.3, 0.4) is 0 Å². The molecule has 0 radical (unpaired) electrons. The van der Waals surface area contributed by atoms with Crippen LogP contribution in [0.4, 0.5) is 0 Å². The van der Waals surface area contributed by atoms with Gasteiger partial charge in [-0.05, 0) is 63.0 Å². The minimum atomic E-state index is -0.933. The fourth-order valence-corrected chi connectivity index (χ4v) is 7.50. The molecular weight excluding hydrogens is 602 g/mol. The first-order valence-electron chi connectivity index (χ1n) is 16.9. The Labute approximate surface area is 280 Å². The zero-order valence-corrected chi connectivity index (χ0v) is 29.9. The number of hydrogen-bond acceptors (Lipinski definition) is 8. The quantitative estimate of drug-likeness (QED) is 0.143. The van der Waals surface area contributed by atoms with E-state index in [1.165, 1.54) is 12.8 Å². The summed E-state index contributed by atoms with van der Waals surface area (Å²) >= 11 is 1.56. The summed E-state index contributed by atoms with van der Waals surface area (Å²) in [7, 11) is 1.60. The molecule has 260 valence electrons. The lowest BCUT2D eigenvalue weighted by atomic mass is 9.72. The number of β-amino-alcohol motifs (C(OH)–C–C–N with tert-alkyl or cyclic N) is 1. The maximum atomic E-state index is 13.9. The number of benzene rings is 1. The normalized spacial score (nSPS) is 22.7. The van der Waals surface area contributed by atoms with Crippen molar-refractivity contribution in [3.8, 4) is 0 Å². The van der Waals surface area contributed by atoms with Gasteiger partial charge < -0.3 is 31.1 Å². The van der Waals surface area contributed by atoms with E-state index in [1.807, 2.05) is 71.9 Å². The van der Waals surface area contributed by atoms with Crippen LogP contribution in [-0.2, 0) is 19.1 Å². The molecule has 3 amide bonds. The molecule has 1 aliphatic carbocycles. The van der Waals surface area contributed by atoms with Crippen molar-refractivity contribution in [1.82, 2.24) is 26.2 Å². The highest BCUT2D eigenvalue weighted by Crippen LogP contribution is 2.39. The molecule has 2 fully saturated rings. The van der Waals surface area contributed by atoms with E-state index < -0.39 is 23.6 Å². The van der Waals surface area contributed by atoms with Crippen LogP contribution in [0.2, 0.25) is 0 Å². The number of rotatable bonds is 15. The third kappa shape index (κ3) is 12.4. The average molecular weight is 662 g/mol. The SMILES string of the molecule is COCCNCC(=O)N[C@H](C(=O)N[C@@H](CSc1ccccc1)[C@H](O)CN1C[C@H]2CCCC[C@H]2C[C@H]1C(=O)NC(C)(C)C)C(C)(C)C. The highest BCUT2D eigenvalue weighted by molar-refractivity contribution is 7.99. The first kappa shape index (κ1) is 38.3. The molecule has 11 heteroatoms. The number of hydrogen-bond donors (Lipinski definition) is 5. The van der Waals surface area contributed by atoms with E-state index in [0.29, 0.717) is 30.7 Å². The first-order valence-corrected chi connectivity index (χ1v) is 17.9. The predicted octanol–water partition coefficient (Wildman–Crippen LogP) is 3.19. The number of aliphatic hydroxyl groups is 1. The first-order chi connectivity index (χ1) is 21.7. The molecule has 46 heavy (non-hydrogen) atoms. The van der Waals surface area contributed by atoms with Crippen LogP contribution in [0.15, 0.2) is 35.2 Å². The van der Waals surface area contributed by atoms with Crippen molar-refractivity contribution < 1.29 is 24.2 Å². The molecule has 1 heterocycles. The van der Waals surface area contributed by atoms with Crippen LogP contribution in [0, 0.1) is 17.3 Å². The Hall–Kier alpha value is -2.18. The molecule has 1 saturated heterocycles. The standard InChI is InChI=1S/C35H59N5O5S/c1-34(2,3)31(38-30(42)20-36-17-18-45-7)33(44)37-27(23-46-26-15-9-8-10-16-26)29(41)22-40-21-25-14-12-11-13-24(25)19-28(40)32(43)39-35(4,5)6/h8-10,15-16,24-25,27-29,31,36,41H,11-14,17-23H2,1-7H3,(H,37,44)(H,38,42)(H,39,43)/t24-,25+,27-,28-,29+,31+/m0/s1. The highest BCUT2D eigenvalue weighted by atomic mass is 32.2. The maximum absolute atomic E-state index is 13.9. The number of nitrogens with one attached hydrogen (secondary N) is 4. The number of amides is 3. The van der Waals surface area contributed by atoms with Crippen molar-refractivity contribution in [3.05, 3.63) is 30.3 Å². The summed E-state index contributed by atoms with van der Waals surface area (Å²) in [4.78, 5) is 43.4. The number of aliphatic hydroxyl groups excluding tert-OH is 1. The molecule has 1 aromatic rings. The van der Waals surface area contributed by atoms with Crippen LogP contribution >= 0.6 is 11.8 Å². The van der Waals surface area contributed by atoms with E-state index in [2.05, 4.69) is 26.2 Å². The second-order valence-corrected chi connectivity index (χ2v) is 16.2. The number of piperidine rings is 1. The average Bonchev–Trinajstić information content (AvgIpc) is 2.98. The third-order valence-corrected chi connectivity index (χ3v) is 10.0. The molecule has 1 aliphatic heterocycles. The van der Waals surface area contributed by atoms with Crippen molar-refractivity contribution >= 4 is 29.5 Å². The molecule has 0 spiro atoms. The molecule has 1 saturated carbocycles. The number of carbonyl (C=O) groups is 3. The molecule has 3 rings (SSSR count).